The molecule has 1 aromatic heterocycles. The van der Waals surface area contributed by atoms with Gasteiger partial charge in [-0.25, -0.2) is 4.98 Å². The van der Waals surface area contributed by atoms with Crippen molar-refractivity contribution in [3.63, 3.8) is 0 Å². The number of hydrogen-bond acceptors (Lipinski definition) is 2. The summed E-state index contributed by atoms with van der Waals surface area (Å²) < 4.78 is 2.26. The molecule has 0 saturated carbocycles. The molecule has 8 aromatic rings. The standard InChI is InChI=1S/C40H25N3/c41-26-27-16-18-30(19-17-27)34-12-6-8-28-20-22-31(24-36(28)34)32-23-21-29-9-7-13-35(37(29)25-32)40-42-38-14-4-5-15-39(38)43(40)33-10-2-1-3-11-33/h1-25H. The fourth-order valence-corrected chi connectivity index (χ4v) is 6.12. The van der Waals surface area contributed by atoms with Gasteiger partial charge in [-0.1, -0.05) is 103 Å². The maximum atomic E-state index is 9.26. The highest BCUT2D eigenvalue weighted by Crippen LogP contribution is 2.37. The lowest BCUT2D eigenvalue weighted by Gasteiger charge is -2.13. The molecule has 0 aliphatic heterocycles. The van der Waals surface area contributed by atoms with E-state index in [-0.39, 0.29) is 0 Å². The summed E-state index contributed by atoms with van der Waals surface area (Å²) in [6.07, 6.45) is 0. The minimum Gasteiger partial charge on any atom is -0.292 e. The van der Waals surface area contributed by atoms with E-state index in [0.29, 0.717) is 5.56 Å². The molecular formula is C40H25N3. The number of para-hydroxylation sites is 3. The third-order valence-corrected chi connectivity index (χ3v) is 8.24. The lowest BCUT2D eigenvalue weighted by Crippen LogP contribution is -1.98. The summed E-state index contributed by atoms with van der Waals surface area (Å²) in [5, 5.41) is 14.0. The van der Waals surface area contributed by atoms with Crippen LogP contribution < -0.4 is 0 Å². The lowest BCUT2D eigenvalue weighted by molar-refractivity contribution is 1.11. The predicted molar refractivity (Wildman–Crippen MR) is 177 cm³/mol. The SMILES string of the molecule is N#Cc1ccc(-c2cccc3ccc(-c4ccc5cccc(-c6nc7ccccc7n6-c6ccccc6)c5c4)cc23)cc1. The van der Waals surface area contributed by atoms with Crippen molar-refractivity contribution >= 4 is 32.6 Å². The zero-order valence-electron chi connectivity index (χ0n) is 23.3. The van der Waals surface area contributed by atoms with Gasteiger partial charge in [0, 0.05) is 11.3 Å². The van der Waals surface area contributed by atoms with Crippen molar-refractivity contribution < 1.29 is 0 Å². The quantitative estimate of drug-likeness (QED) is 0.220. The van der Waals surface area contributed by atoms with Gasteiger partial charge in [0.15, 0.2) is 0 Å². The Kier molecular flexibility index (Phi) is 5.84. The zero-order chi connectivity index (χ0) is 28.8. The van der Waals surface area contributed by atoms with Crippen LogP contribution in [0.25, 0.3) is 71.9 Å². The first-order valence-corrected chi connectivity index (χ1v) is 14.4. The zero-order valence-corrected chi connectivity index (χ0v) is 23.3. The van der Waals surface area contributed by atoms with Gasteiger partial charge >= 0.3 is 0 Å². The van der Waals surface area contributed by atoms with Crippen LogP contribution in [-0.2, 0) is 0 Å². The fourth-order valence-electron chi connectivity index (χ4n) is 6.12. The van der Waals surface area contributed by atoms with Crippen LogP contribution in [-0.4, -0.2) is 9.55 Å². The summed E-state index contributed by atoms with van der Waals surface area (Å²) >= 11 is 0. The van der Waals surface area contributed by atoms with Crippen LogP contribution in [0.5, 0.6) is 0 Å². The van der Waals surface area contributed by atoms with Crippen molar-refractivity contribution in [1.82, 2.24) is 9.55 Å². The molecule has 43 heavy (non-hydrogen) atoms. The summed E-state index contributed by atoms with van der Waals surface area (Å²) in [5.74, 6) is 0.928. The molecule has 0 bridgehead atoms. The van der Waals surface area contributed by atoms with E-state index in [2.05, 4.69) is 126 Å². The van der Waals surface area contributed by atoms with E-state index in [0.717, 1.165) is 55.7 Å². The monoisotopic (exact) mass is 547 g/mol. The van der Waals surface area contributed by atoms with Crippen molar-refractivity contribution in [3.05, 3.63) is 157 Å². The largest absolute Gasteiger partial charge is 0.292 e. The number of rotatable bonds is 4. The maximum absolute atomic E-state index is 9.26. The minimum absolute atomic E-state index is 0.664. The molecule has 0 spiro atoms. The van der Waals surface area contributed by atoms with Crippen LogP contribution in [0.4, 0.5) is 0 Å². The van der Waals surface area contributed by atoms with E-state index in [1.807, 2.05) is 36.4 Å². The second kappa shape index (κ2) is 10.1. The Morgan fingerprint density at radius 2 is 1.12 bits per heavy atom. The smallest absolute Gasteiger partial charge is 0.146 e. The van der Waals surface area contributed by atoms with Crippen molar-refractivity contribution in [2.45, 2.75) is 0 Å². The van der Waals surface area contributed by atoms with Crippen LogP contribution in [0.3, 0.4) is 0 Å². The van der Waals surface area contributed by atoms with Crippen LogP contribution in [0, 0.1) is 11.3 Å². The highest BCUT2D eigenvalue weighted by Gasteiger charge is 2.17. The number of hydrogen-bond donors (Lipinski definition) is 0. The number of aromatic nitrogens is 2. The molecule has 7 aromatic carbocycles. The second-order valence-corrected chi connectivity index (χ2v) is 10.8. The van der Waals surface area contributed by atoms with Gasteiger partial charge in [0.2, 0.25) is 0 Å². The summed E-state index contributed by atoms with van der Waals surface area (Å²) in [5.41, 5.74) is 9.46. The van der Waals surface area contributed by atoms with Crippen LogP contribution in [0.2, 0.25) is 0 Å². The molecule has 200 valence electrons. The average Bonchev–Trinajstić information content (AvgIpc) is 3.47. The van der Waals surface area contributed by atoms with E-state index in [1.165, 1.54) is 16.2 Å². The minimum atomic E-state index is 0.664. The van der Waals surface area contributed by atoms with E-state index in [9.17, 15) is 5.26 Å². The molecule has 8 rings (SSSR count). The molecule has 0 unspecified atom stereocenters. The van der Waals surface area contributed by atoms with E-state index in [4.69, 9.17) is 4.98 Å². The molecule has 3 heteroatoms. The van der Waals surface area contributed by atoms with Crippen molar-refractivity contribution in [2.24, 2.45) is 0 Å². The van der Waals surface area contributed by atoms with E-state index < -0.39 is 0 Å². The molecule has 0 amide bonds. The summed E-state index contributed by atoms with van der Waals surface area (Å²) in [4.78, 5) is 5.15. The Balaban J connectivity index is 1.31. The molecule has 3 nitrogen and oxygen atoms in total. The molecule has 0 aliphatic carbocycles. The van der Waals surface area contributed by atoms with Gasteiger partial charge in [0.25, 0.3) is 0 Å². The summed E-state index contributed by atoms with van der Waals surface area (Å²) in [7, 11) is 0. The highest BCUT2D eigenvalue weighted by molar-refractivity contribution is 6.02. The third-order valence-electron chi connectivity index (χ3n) is 8.24. The first-order valence-electron chi connectivity index (χ1n) is 14.4. The average molecular weight is 548 g/mol. The predicted octanol–water partition coefficient (Wildman–Crippen LogP) is 10.2. The molecule has 0 atom stereocenters. The molecule has 0 aliphatic rings. The first kappa shape index (κ1) is 24.8. The maximum Gasteiger partial charge on any atom is 0.146 e. The van der Waals surface area contributed by atoms with Gasteiger partial charge in [0.05, 0.1) is 22.7 Å². The molecule has 1 heterocycles. The van der Waals surface area contributed by atoms with Crippen molar-refractivity contribution in [2.75, 3.05) is 0 Å². The van der Waals surface area contributed by atoms with Crippen LogP contribution in [0.15, 0.2) is 152 Å². The van der Waals surface area contributed by atoms with E-state index in [1.54, 1.807) is 0 Å². The van der Waals surface area contributed by atoms with Gasteiger partial charge in [-0.3, -0.25) is 4.57 Å². The van der Waals surface area contributed by atoms with Gasteiger partial charge in [0.1, 0.15) is 5.82 Å². The number of imidazole rings is 1. The Morgan fingerprint density at radius 1 is 0.512 bits per heavy atom. The second-order valence-electron chi connectivity index (χ2n) is 10.8. The molecular weight excluding hydrogens is 522 g/mol. The molecule has 0 saturated heterocycles. The van der Waals surface area contributed by atoms with Gasteiger partial charge in [-0.15, -0.1) is 0 Å². The molecule has 0 N–H and O–H groups in total. The normalized spacial score (nSPS) is 11.2. The Hall–Kier alpha value is -5.98. The molecule has 0 fully saturated rings. The Bertz CT molecular complexity index is 2340. The lowest BCUT2D eigenvalue weighted by atomic mass is 9.93. The van der Waals surface area contributed by atoms with Crippen molar-refractivity contribution in [3.8, 4) is 45.4 Å². The number of nitrogens with zero attached hydrogens (tertiary/aromatic N) is 3. The fraction of sp³-hybridized carbons (Fsp3) is 0. The Morgan fingerprint density at radius 3 is 1.81 bits per heavy atom. The van der Waals surface area contributed by atoms with Crippen LogP contribution in [0.1, 0.15) is 5.56 Å². The van der Waals surface area contributed by atoms with Crippen LogP contribution >= 0.6 is 0 Å². The number of benzene rings is 7. The van der Waals surface area contributed by atoms with Gasteiger partial charge in [-0.2, -0.15) is 5.26 Å². The highest BCUT2D eigenvalue weighted by atomic mass is 15.1. The number of nitriles is 1. The van der Waals surface area contributed by atoms with Crippen molar-refractivity contribution in [1.29, 1.82) is 5.26 Å². The van der Waals surface area contributed by atoms with E-state index >= 15 is 0 Å². The Labute approximate surface area is 249 Å². The topological polar surface area (TPSA) is 41.6 Å². The van der Waals surface area contributed by atoms with Gasteiger partial charge < -0.3 is 0 Å². The van der Waals surface area contributed by atoms with Gasteiger partial charge in [-0.05, 0) is 92.3 Å². The number of fused-ring (bicyclic) bond motifs is 3. The molecule has 0 radical (unpaired) electrons. The summed E-state index contributed by atoms with van der Waals surface area (Å²) in [6.45, 7) is 0. The third kappa shape index (κ3) is 4.25. The summed E-state index contributed by atoms with van der Waals surface area (Å²) in [6, 6.07) is 55.1. The first-order chi connectivity index (χ1) is 21.3.